The highest BCUT2D eigenvalue weighted by Crippen LogP contribution is 2.41. The van der Waals surface area contributed by atoms with Crippen LogP contribution in [0.3, 0.4) is 0 Å². The topological polar surface area (TPSA) is 113 Å². The first-order chi connectivity index (χ1) is 13.3. The van der Waals surface area contributed by atoms with Gasteiger partial charge in [0, 0.05) is 23.9 Å². The number of hydrogen-bond donors (Lipinski definition) is 1. The van der Waals surface area contributed by atoms with Crippen molar-refractivity contribution in [2.75, 3.05) is 26.1 Å². The first-order valence-electron chi connectivity index (χ1n) is 8.03. The lowest BCUT2D eigenvalue weighted by Gasteiger charge is -2.15. The monoisotopic (exact) mass is 425 g/mol. The Kier molecular flexibility index (Phi) is 5.47. The molecule has 0 aliphatic rings. The molecule has 0 aliphatic heterocycles. The molecule has 0 aliphatic carbocycles. The third kappa shape index (κ3) is 3.76. The minimum Gasteiger partial charge on any atom is -0.493 e. The predicted octanol–water partition coefficient (Wildman–Crippen LogP) is 3.24. The van der Waals surface area contributed by atoms with E-state index in [1.54, 1.807) is 13.8 Å². The third-order valence-corrected chi connectivity index (χ3v) is 6.51. The summed E-state index contributed by atoms with van der Waals surface area (Å²) in [5.41, 5.74) is 0.275. The maximum Gasteiger partial charge on any atom is 0.263 e. The van der Waals surface area contributed by atoms with Crippen molar-refractivity contribution in [3.8, 4) is 28.0 Å². The van der Waals surface area contributed by atoms with Gasteiger partial charge in [0.15, 0.2) is 11.5 Å². The van der Waals surface area contributed by atoms with Gasteiger partial charge in [0.05, 0.1) is 31.9 Å². The molecule has 0 saturated heterocycles. The van der Waals surface area contributed by atoms with Crippen LogP contribution in [0.2, 0.25) is 0 Å². The summed E-state index contributed by atoms with van der Waals surface area (Å²) in [6, 6.07) is 4.55. The van der Waals surface area contributed by atoms with E-state index in [1.165, 1.54) is 50.9 Å². The van der Waals surface area contributed by atoms with E-state index < -0.39 is 10.0 Å². The van der Waals surface area contributed by atoms with Crippen molar-refractivity contribution in [1.82, 2.24) is 10.1 Å². The van der Waals surface area contributed by atoms with E-state index in [0.29, 0.717) is 38.7 Å². The number of hydrogen-bond acceptors (Lipinski definition) is 9. The summed E-state index contributed by atoms with van der Waals surface area (Å²) < 4.78 is 49.2. The second-order valence-corrected chi connectivity index (χ2v) is 8.59. The van der Waals surface area contributed by atoms with Gasteiger partial charge in [0.1, 0.15) is 4.90 Å². The molecule has 2 heterocycles. The maximum atomic E-state index is 12.9. The highest BCUT2D eigenvalue weighted by Gasteiger charge is 2.24. The lowest BCUT2D eigenvalue weighted by molar-refractivity contribution is 0.325. The van der Waals surface area contributed by atoms with Crippen LogP contribution < -0.4 is 18.9 Å². The molecule has 150 valence electrons. The largest absolute Gasteiger partial charge is 0.493 e. The molecule has 0 radical (unpaired) electrons. The van der Waals surface area contributed by atoms with Crippen molar-refractivity contribution >= 4 is 27.0 Å². The smallest absolute Gasteiger partial charge is 0.263 e. The fraction of sp³-hybridized carbons (Fsp3) is 0.294. The molecular weight excluding hydrogens is 406 g/mol. The molecule has 3 rings (SSSR count). The van der Waals surface area contributed by atoms with Crippen molar-refractivity contribution in [2.24, 2.45) is 0 Å². The average molecular weight is 425 g/mol. The Hall–Kier alpha value is -2.79. The van der Waals surface area contributed by atoms with Crippen LogP contribution in [0.1, 0.15) is 10.8 Å². The van der Waals surface area contributed by atoms with Crippen LogP contribution in [0.4, 0.5) is 5.69 Å². The van der Waals surface area contributed by atoms with Gasteiger partial charge in [0.25, 0.3) is 10.0 Å². The van der Waals surface area contributed by atoms with E-state index in [0.717, 1.165) is 0 Å². The molecule has 9 nitrogen and oxygen atoms in total. The average Bonchev–Trinajstić information content (AvgIpc) is 3.26. The van der Waals surface area contributed by atoms with Crippen LogP contribution in [0.15, 0.2) is 27.6 Å². The Labute approximate surface area is 166 Å². The Morgan fingerprint density at radius 2 is 1.68 bits per heavy atom. The van der Waals surface area contributed by atoms with Gasteiger partial charge < -0.3 is 18.7 Å². The third-order valence-electron chi connectivity index (χ3n) is 3.83. The molecule has 2 aromatic heterocycles. The highest BCUT2D eigenvalue weighted by atomic mass is 32.2. The van der Waals surface area contributed by atoms with Gasteiger partial charge in [-0.3, -0.25) is 4.72 Å². The number of ether oxygens (including phenoxy) is 3. The van der Waals surface area contributed by atoms with Gasteiger partial charge in [-0.05, 0) is 13.0 Å². The zero-order valence-electron chi connectivity index (χ0n) is 15.9. The second-order valence-electron chi connectivity index (χ2n) is 5.69. The van der Waals surface area contributed by atoms with Crippen molar-refractivity contribution < 1.29 is 27.2 Å². The maximum absolute atomic E-state index is 12.9. The minimum atomic E-state index is -3.87. The number of sulfonamides is 1. The number of methoxy groups -OCH3 is 3. The number of benzene rings is 1. The zero-order chi connectivity index (χ0) is 20.5. The highest BCUT2D eigenvalue weighted by molar-refractivity contribution is 7.93. The fourth-order valence-corrected chi connectivity index (χ4v) is 5.15. The Balaban J connectivity index is 1.98. The summed E-state index contributed by atoms with van der Waals surface area (Å²) in [5.74, 6) is 1.80. The van der Waals surface area contributed by atoms with Crippen LogP contribution in [0.5, 0.6) is 17.2 Å². The molecule has 0 spiro atoms. The molecule has 0 saturated carbocycles. The van der Waals surface area contributed by atoms with Gasteiger partial charge in [-0.15, -0.1) is 11.3 Å². The number of anilines is 1. The fourth-order valence-electron chi connectivity index (χ4n) is 2.59. The SMILES string of the molecule is COc1cc(NS(=O)(=O)c2cc(-c3noc(C)n3)sc2C)cc(OC)c1OC. The van der Waals surface area contributed by atoms with E-state index in [4.69, 9.17) is 18.7 Å². The number of thiophene rings is 1. The predicted molar refractivity (Wildman–Crippen MR) is 104 cm³/mol. The Morgan fingerprint density at radius 1 is 1.04 bits per heavy atom. The van der Waals surface area contributed by atoms with Crippen LogP contribution in [-0.4, -0.2) is 39.9 Å². The molecule has 0 fully saturated rings. The summed E-state index contributed by atoms with van der Waals surface area (Å²) in [5, 5.41) is 3.83. The zero-order valence-corrected chi connectivity index (χ0v) is 17.5. The lowest BCUT2D eigenvalue weighted by Crippen LogP contribution is -2.13. The molecule has 1 aromatic carbocycles. The van der Waals surface area contributed by atoms with Crippen LogP contribution in [-0.2, 0) is 10.0 Å². The van der Waals surface area contributed by atoms with Gasteiger partial charge in [0.2, 0.25) is 17.5 Å². The summed E-state index contributed by atoms with van der Waals surface area (Å²) >= 11 is 1.27. The molecule has 28 heavy (non-hydrogen) atoms. The lowest BCUT2D eigenvalue weighted by atomic mass is 10.2. The molecule has 3 aromatic rings. The van der Waals surface area contributed by atoms with E-state index >= 15 is 0 Å². The van der Waals surface area contributed by atoms with Gasteiger partial charge in [-0.1, -0.05) is 5.16 Å². The normalized spacial score (nSPS) is 11.3. The van der Waals surface area contributed by atoms with E-state index in [-0.39, 0.29) is 10.6 Å². The number of aryl methyl sites for hydroxylation is 2. The Morgan fingerprint density at radius 3 is 2.18 bits per heavy atom. The van der Waals surface area contributed by atoms with Gasteiger partial charge in [-0.2, -0.15) is 4.98 Å². The van der Waals surface area contributed by atoms with Crippen molar-refractivity contribution in [3.63, 3.8) is 0 Å². The first kappa shape index (κ1) is 20.0. The summed E-state index contributed by atoms with van der Waals surface area (Å²) in [6.07, 6.45) is 0. The number of nitrogens with one attached hydrogen (secondary N) is 1. The van der Waals surface area contributed by atoms with Gasteiger partial charge >= 0.3 is 0 Å². The molecule has 0 bridgehead atoms. The Bertz CT molecular complexity index is 1080. The van der Waals surface area contributed by atoms with Crippen molar-refractivity contribution in [3.05, 3.63) is 29.0 Å². The van der Waals surface area contributed by atoms with Gasteiger partial charge in [-0.25, -0.2) is 8.42 Å². The van der Waals surface area contributed by atoms with Crippen molar-refractivity contribution in [1.29, 1.82) is 0 Å². The van der Waals surface area contributed by atoms with E-state index in [2.05, 4.69) is 14.9 Å². The molecule has 11 heteroatoms. The molecule has 0 unspecified atom stereocenters. The molecule has 0 atom stereocenters. The molecular formula is C17H19N3O6S2. The van der Waals surface area contributed by atoms with Crippen LogP contribution in [0.25, 0.3) is 10.7 Å². The second kappa shape index (κ2) is 7.68. The molecule has 1 N–H and O–H groups in total. The summed E-state index contributed by atoms with van der Waals surface area (Å²) in [4.78, 5) is 5.46. The van der Waals surface area contributed by atoms with Crippen LogP contribution >= 0.6 is 11.3 Å². The number of aromatic nitrogens is 2. The first-order valence-corrected chi connectivity index (χ1v) is 10.3. The number of rotatable bonds is 7. The number of nitrogens with zero attached hydrogens (tertiary/aromatic N) is 2. The summed E-state index contributed by atoms with van der Waals surface area (Å²) in [6.45, 7) is 3.38. The van der Waals surface area contributed by atoms with E-state index in [1.807, 2.05) is 0 Å². The quantitative estimate of drug-likeness (QED) is 0.614. The summed E-state index contributed by atoms with van der Waals surface area (Å²) in [7, 11) is 0.513. The minimum absolute atomic E-state index is 0.128. The van der Waals surface area contributed by atoms with Crippen LogP contribution in [0, 0.1) is 13.8 Å². The van der Waals surface area contributed by atoms with Crippen molar-refractivity contribution in [2.45, 2.75) is 18.7 Å². The standard InChI is InChI=1S/C17H19N3O6S2/c1-9-15(8-14(27-9)17-18-10(2)26-19-17)28(21,22)20-11-6-12(23-3)16(25-5)13(7-11)24-4/h6-8,20H,1-5H3. The molecule has 0 amide bonds. The van der Waals surface area contributed by atoms with E-state index in [9.17, 15) is 8.42 Å².